The van der Waals surface area contributed by atoms with Gasteiger partial charge in [-0.25, -0.2) is 0 Å². The minimum Gasteiger partial charge on any atom is -0.497 e. The fraction of sp³-hybridized carbons (Fsp3) is 0.0625. The number of anilines is 1. The second kappa shape index (κ2) is 7.57. The van der Waals surface area contributed by atoms with Crippen molar-refractivity contribution < 1.29 is 9.53 Å². The highest BCUT2D eigenvalue weighted by Gasteiger charge is 2.15. The molecule has 0 saturated carbocycles. The predicted octanol–water partition coefficient (Wildman–Crippen LogP) is 4.60. The van der Waals surface area contributed by atoms with Crippen LogP contribution >= 0.6 is 34.3 Å². The van der Waals surface area contributed by atoms with Crippen LogP contribution in [0.3, 0.4) is 0 Å². The van der Waals surface area contributed by atoms with Gasteiger partial charge < -0.3 is 10.1 Å². The molecule has 24 heavy (non-hydrogen) atoms. The van der Waals surface area contributed by atoms with Gasteiger partial charge in [-0.2, -0.15) is 0 Å². The third-order valence-corrected chi connectivity index (χ3v) is 5.16. The minimum absolute atomic E-state index is 0.249. The Morgan fingerprint density at radius 1 is 1.21 bits per heavy atom. The van der Waals surface area contributed by atoms with Gasteiger partial charge in [0.2, 0.25) is 5.01 Å². The number of hydrogen-bond donors (Lipinski definition) is 1. The smallest absolute Gasteiger partial charge is 0.286 e. The second-order valence-corrected chi connectivity index (χ2v) is 6.97. The number of aromatic nitrogens is 2. The molecule has 0 radical (unpaired) electrons. The van der Waals surface area contributed by atoms with Crippen molar-refractivity contribution in [3.05, 3.63) is 56.7 Å². The molecule has 0 atom stereocenters. The van der Waals surface area contributed by atoms with Crippen molar-refractivity contribution in [1.82, 2.24) is 10.2 Å². The average molecular weight is 378 g/mol. The lowest BCUT2D eigenvalue weighted by atomic mass is 10.3. The van der Waals surface area contributed by atoms with Crippen LogP contribution in [0.5, 0.6) is 5.75 Å². The highest BCUT2D eigenvalue weighted by Crippen LogP contribution is 2.27. The number of hydrogen-bond acceptors (Lipinski definition) is 6. The average Bonchev–Trinajstić information content (AvgIpc) is 3.27. The van der Waals surface area contributed by atoms with Gasteiger partial charge in [0.25, 0.3) is 5.91 Å². The summed E-state index contributed by atoms with van der Waals surface area (Å²) in [7, 11) is 1.59. The van der Waals surface area contributed by atoms with Crippen molar-refractivity contribution in [2.45, 2.75) is 0 Å². The van der Waals surface area contributed by atoms with Crippen LogP contribution in [0.4, 0.5) is 5.69 Å². The van der Waals surface area contributed by atoms with Crippen molar-refractivity contribution in [1.29, 1.82) is 0 Å². The molecule has 0 aliphatic rings. The molecule has 0 saturated heterocycles. The fourth-order valence-electron chi connectivity index (χ4n) is 1.83. The van der Waals surface area contributed by atoms with Crippen molar-refractivity contribution in [3.63, 3.8) is 0 Å². The molecule has 2 heterocycles. The van der Waals surface area contributed by atoms with E-state index in [0.717, 1.165) is 22.0 Å². The van der Waals surface area contributed by atoms with Gasteiger partial charge in [0, 0.05) is 10.6 Å². The maximum absolute atomic E-state index is 12.2. The number of rotatable bonds is 5. The Balaban J connectivity index is 1.71. The maximum Gasteiger partial charge on any atom is 0.286 e. The van der Waals surface area contributed by atoms with Crippen LogP contribution in [-0.4, -0.2) is 23.2 Å². The summed E-state index contributed by atoms with van der Waals surface area (Å²) in [5.41, 5.74) is 0.651. The van der Waals surface area contributed by atoms with Crippen molar-refractivity contribution in [2.75, 3.05) is 12.4 Å². The topological polar surface area (TPSA) is 64.1 Å². The monoisotopic (exact) mass is 377 g/mol. The van der Waals surface area contributed by atoms with Crippen molar-refractivity contribution >= 4 is 57.0 Å². The van der Waals surface area contributed by atoms with E-state index in [-0.39, 0.29) is 10.9 Å². The predicted molar refractivity (Wildman–Crippen MR) is 98.9 cm³/mol. The van der Waals surface area contributed by atoms with E-state index in [4.69, 9.17) is 16.3 Å². The number of nitrogens with zero attached hydrogens (tertiary/aromatic N) is 2. The van der Waals surface area contributed by atoms with Crippen molar-refractivity contribution in [2.24, 2.45) is 0 Å². The number of carbonyl (C=O) groups excluding carboxylic acids is 1. The lowest BCUT2D eigenvalue weighted by Gasteiger charge is -2.03. The molecule has 0 aliphatic heterocycles. The quantitative estimate of drug-likeness (QED) is 0.705. The largest absolute Gasteiger partial charge is 0.497 e. The Morgan fingerprint density at radius 3 is 2.62 bits per heavy atom. The third kappa shape index (κ3) is 4.00. The van der Waals surface area contributed by atoms with E-state index in [0.29, 0.717) is 15.7 Å². The molecule has 0 fully saturated rings. The molecular formula is C16H12ClN3O2S2. The first-order valence-electron chi connectivity index (χ1n) is 6.85. The normalized spacial score (nSPS) is 11.3. The number of methoxy groups -OCH3 is 1. The zero-order valence-corrected chi connectivity index (χ0v) is 14.9. The van der Waals surface area contributed by atoms with Crippen LogP contribution in [0.25, 0.3) is 11.1 Å². The molecule has 122 valence electrons. The number of ether oxygens (including phenoxy) is 1. The lowest BCUT2D eigenvalue weighted by molar-refractivity contribution is 0.102. The van der Waals surface area contributed by atoms with E-state index < -0.39 is 0 Å². The number of thiophene rings is 1. The van der Waals surface area contributed by atoms with Gasteiger partial charge in [0.15, 0.2) is 5.01 Å². The molecule has 8 heteroatoms. The molecule has 5 nitrogen and oxygen atoms in total. The van der Waals surface area contributed by atoms with Crippen LogP contribution in [0.1, 0.15) is 19.7 Å². The van der Waals surface area contributed by atoms with Gasteiger partial charge in [-0.1, -0.05) is 29.0 Å². The fourth-order valence-corrected chi connectivity index (χ4v) is 3.47. The first kappa shape index (κ1) is 16.6. The molecule has 1 aromatic carbocycles. The second-order valence-electron chi connectivity index (χ2n) is 4.60. The third-order valence-electron chi connectivity index (χ3n) is 2.98. The summed E-state index contributed by atoms with van der Waals surface area (Å²) < 4.78 is 5.08. The summed E-state index contributed by atoms with van der Waals surface area (Å²) in [6.45, 7) is 0. The molecule has 0 aliphatic carbocycles. The zero-order chi connectivity index (χ0) is 16.9. The van der Waals surface area contributed by atoms with Crippen LogP contribution in [0, 0.1) is 0 Å². The maximum atomic E-state index is 12.2. The molecule has 0 bridgehead atoms. The van der Waals surface area contributed by atoms with Crippen LogP contribution < -0.4 is 10.1 Å². The molecule has 1 amide bonds. The number of nitrogens with one attached hydrogen (secondary N) is 1. The van der Waals surface area contributed by atoms with E-state index in [9.17, 15) is 4.79 Å². The Morgan fingerprint density at radius 2 is 1.96 bits per heavy atom. The van der Waals surface area contributed by atoms with E-state index in [1.54, 1.807) is 48.8 Å². The summed E-state index contributed by atoms with van der Waals surface area (Å²) in [6.07, 6.45) is 1.80. The highest BCUT2D eigenvalue weighted by atomic mass is 35.5. The SMILES string of the molecule is COc1ccc(NC(=O)c2nnc(C(Cl)=Cc3cccs3)s2)cc1. The first-order chi connectivity index (χ1) is 11.7. The Labute approximate surface area is 151 Å². The molecule has 0 spiro atoms. The Kier molecular flexibility index (Phi) is 5.24. The van der Waals surface area contributed by atoms with Crippen LogP contribution in [0.15, 0.2) is 41.8 Å². The number of amides is 1. The Bertz CT molecular complexity index is 858. The van der Waals surface area contributed by atoms with E-state index in [1.165, 1.54) is 0 Å². The van der Waals surface area contributed by atoms with Gasteiger partial charge >= 0.3 is 0 Å². The first-order valence-corrected chi connectivity index (χ1v) is 8.93. The zero-order valence-electron chi connectivity index (χ0n) is 12.5. The number of carbonyl (C=O) groups is 1. The van der Waals surface area contributed by atoms with Gasteiger partial charge in [0.05, 0.1) is 12.1 Å². The highest BCUT2D eigenvalue weighted by molar-refractivity contribution is 7.15. The lowest BCUT2D eigenvalue weighted by Crippen LogP contribution is -2.11. The summed E-state index contributed by atoms with van der Waals surface area (Å²) in [4.78, 5) is 13.2. The van der Waals surface area contributed by atoms with Crippen LogP contribution in [0.2, 0.25) is 0 Å². The molecular weight excluding hydrogens is 366 g/mol. The molecule has 1 N–H and O–H groups in total. The summed E-state index contributed by atoms with van der Waals surface area (Å²) >= 11 is 8.95. The molecule has 2 aromatic heterocycles. The summed E-state index contributed by atoms with van der Waals surface area (Å²) in [5, 5.41) is 13.8. The van der Waals surface area contributed by atoms with Gasteiger partial charge in [-0.3, -0.25) is 4.79 Å². The molecule has 0 unspecified atom stereocenters. The molecule has 3 rings (SSSR count). The van der Waals surface area contributed by atoms with E-state index in [2.05, 4.69) is 15.5 Å². The van der Waals surface area contributed by atoms with Gasteiger partial charge in [0.1, 0.15) is 5.75 Å². The van der Waals surface area contributed by atoms with Crippen LogP contribution in [-0.2, 0) is 0 Å². The standard InChI is InChI=1S/C16H12ClN3O2S2/c1-22-11-6-4-10(5-7-11)18-14(21)16-20-19-15(24-16)13(17)9-12-3-2-8-23-12/h2-9H,1H3,(H,18,21). The van der Waals surface area contributed by atoms with Crippen molar-refractivity contribution in [3.8, 4) is 5.75 Å². The van der Waals surface area contributed by atoms with Gasteiger partial charge in [-0.15, -0.1) is 21.5 Å². The molecule has 3 aromatic rings. The summed E-state index contributed by atoms with van der Waals surface area (Å²) in [5.74, 6) is 0.390. The summed E-state index contributed by atoms with van der Waals surface area (Å²) in [6, 6.07) is 10.9. The van der Waals surface area contributed by atoms with Gasteiger partial charge in [-0.05, 0) is 41.8 Å². The van der Waals surface area contributed by atoms with E-state index in [1.807, 2.05) is 17.5 Å². The number of halogens is 1. The number of benzene rings is 1. The van der Waals surface area contributed by atoms with E-state index >= 15 is 0 Å². The minimum atomic E-state index is -0.329. The Hall–Kier alpha value is -2.22.